The van der Waals surface area contributed by atoms with Gasteiger partial charge in [0.25, 0.3) is 0 Å². The maximum Gasteiger partial charge on any atom is 0.128 e. The van der Waals surface area contributed by atoms with Gasteiger partial charge in [-0.15, -0.1) is 0 Å². The molecule has 0 amide bonds. The second-order valence-electron chi connectivity index (χ2n) is 10.9. The van der Waals surface area contributed by atoms with Gasteiger partial charge in [-0.2, -0.15) is 5.10 Å². The van der Waals surface area contributed by atoms with Gasteiger partial charge in [-0.3, -0.25) is 15.0 Å². The summed E-state index contributed by atoms with van der Waals surface area (Å²) in [7, 11) is 2.26. The van der Waals surface area contributed by atoms with Crippen molar-refractivity contribution < 1.29 is 4.74 Å². The first-order valence-electron chi connectivity index (χ1n) is 14.0. The molecule has 192 valence electrons. The summed E-state index contributed by atoms with van der Waals surface area (Å²) >= 11 is 0. The average Bonchev–Trinajstić information content (AvgIpc) is 3.59. The largest absolute Gasteiger partial charge is 0.490 e. The minimum Gasteiger partial charge on any atom is -0.490 e. The van der Waals surface area contributed by atoms with Gasteiger partial charge in [0.05, 0.1) is 23.0 Å². The molecule has 1 saturated carbocycles. The zero-order valence-electron chi connectivity index (χ0n) is 22.4. The smallest absolute Gasteiger partial charge is 0.128 e. The Balaban J connectivity index is 1.39. The molecule has 37 heavy (non-hydrogen) atoms. The third-order valence-corrected chi connectivity index (χ3v) is 8.44. The first-order valence-corrected chi connectivity index (χ1v) is 14.0. The predicted molar refractivity (Wildman–Crippen MR) is 150 cm³/mol. The van der Waals surface area contributed by atoms with E-state index < -0.39 is 0 Å². The Morgan fingerprint density at radius 2 is 1.86 bits per heavy atom. The fourth-order valence-corrected chi connectivity index (χ4v) is 6.45. The van der Waals surface area contributed by atoms with Gasteiger partial charge in [-0.05, 0) is 82.5 Å². The standard InChI is InChI=1S/C32H38N4O/c1-4-27-32-25(16-10-17-28(32)35-34-27)29-19-31(37-23-13-6-7-14-23)26(21(2)33-29)20-36(3)30-18-9-12-22-11-5-8-15-24(22)30/h5,8,10-11,15-17,19,23,30H,4,6-7,9,12-14,18,20H2,1-3H3,(H,34,35). The Hall–Kier alpha value is -3.18. The number of hydrogen-bond donors (Lipinski definition) is 1. The number of hydrogen-bond acceptors (Lipinski definition) is 4. The minimum absolute atomic E-state index is 0.296. The molecule has 0 radical (unpaired) electrons. The van der Waals surface area contributed by atoms with Crippen LogP contribution >= 0.6 is 0 Å². The number of ether oxygens (including phenoxy) is 1. The molecule has 0 spiro atoms. The Labute approximate surface area is 220 Å². The summed E-state index contributed by atoms with van der Waals surface area (Å²) in [6.07, 6.45) is 9.58. The number of nitrogens with one attached hydrogen (secondary N) is 1. The molecule has 0 saturated heterocycles. The van der Waals surface area contributed by atoms with Crippen molar-refractivity contribution in [3.63, 3.8) is 0 Å². The van der Waals surface area contributed by atoms with E-state index in [0.717, 1.165) is 59.7 Å². The van der Waals surface area contributed by atoms with E-state index >= 15 is 0 Å². The van der Waals surface area contributed by atoms with Crippen LogP contribution in [0.2, 0.25) is 0 Å². The molecule has 1 fully saturated rings. The van der Waals surface area contributed by atoms with Crippen LogP contribution in [0.5, 0.6) is 5.75 Å². The van der Waals surface area contributed by atoms with E-state index in [1.54, 1.807) is 0 Å². The average molecular weight is 495 g/mol. The number of fused-ring (bicyclic) bond motifs is 2. The lowest BCUT2D eigenvalue weighted by Crippen LogP contribution is -2.28. The maximum absolute atomic E-state index is 6.77. The molecule has 0 aliphatic heterocycles. The van der Waals surface area contributed by atoms with Crippen molar-refractivity contribution in [1.29, 1.82) is 0 Å². The monoisotopic (exact) mass is 494 g/mol. The lowest BCUT2D eigenvalue weighted by Gasteiger charge is -2.34. The highest BCUT2D eigenvalue weighted by molar-refractivity contribution is 5.96. The summed E-state index contributed by atoms with van der Waals surface area (Å²) < 4.78 is 6.77. The Bertz CT molecular complexity index is 1400. The number of aromatic nitrogens is 3. The molecular weight excluding hydrogens is 456 g/mol. The highest BCUT2D eigenvalue weighted by Gasteiger charge is 2.27. The van der Waals surface area contributed by atoms with E-state index in [0.29, 0.717) is 12.1 Å². The van der Waals surface area contributed by atoms with Gasteiger partial charge in [0.2, 0.25) is 0 Å². The molecule has 2 aliphatic carbocycles. The van der Waals surface area contributed by atoms with E-state index in [1.807, 2.05) is 0 Å². The number of rotatable bonds is 7. The molecule has 1 N–H and O–H groups in total. The summed E-state index contributed by atoms with van der Waals surface area (Å²) in [4.78, 5) is 7.69. The van der Waals surface area contributed by atoms with Crippen molar-refractivity contribution in [3.05, 3.63) is 76.6 Å². The maximum atomic E-state index is 6.77. The van der Waals surface area contributed by atoms with Crippen LogP contribution in [0.15, 0.2) is 48.5 Å². The third-order valence-electron chi connectivity index (χ3n) is 8.44. The van der Waals surface area contributed by atoms with Gasteiger partial charge in [0, 0.05) is 40.9 Å². The number of H-pyrrole nitrogens is 1. The fourth-order valence-electron chi connectivity index (χ4n) is 6.45. The highest BCUT2D eigenvalue weighted by atomic mass is 16.5. The highest BCUT2D eigenvalue weighted by Crippen LogP contribution is 2.38. The van der Waals surface area contributed by atoms with Gasteiger partial charge in [0.1, 0.15) is 5.75 Å². The third kappa shape index (κ3) is 4.66. The van der Waals surface area contributed by atoms with Crippen molar-refractivity contribution in [2.45, 2.75) is 83.9 Å². The second-order valence-corrected chi connectivity index (χ2v) is 10.9. The molecule has 4 aromatic rings. The van der Waals surface area contributed by atoms with Gasteiger partial charge in [-0.1, -0.05) is 43.3 Å². The molecule has 5 heteroatoms. The van der Waals surface area contributed by atoms with Crippen LogP contribution in [0.1, 0.15) is 79.6 Å². The first kappa shape index (κ1) is 24.2. The van der Waals surface area contributed by atoms with Gasteiger partial charge in [-0.25, -0.2) is 0 Å². The zero-order valence-corrected chi connectivity index (χ0v) is 22.4. The van der Waals surface area contributed by atoms with Crippen LogP contribution in [-0.2, 0) is 19.4 Å². The van der Waals surface area contributed by atoms with Crippen LogP contribution < -0.4 is 4.74 Å². The van der Waals surface area contributed by atoms with Crippen molar-refractivity contribution in [1.82, 2.24) is 20.1 Å². The number of nitrogens with zero attached hydrogens (tertiary/aromatic N) is 3. The summed E-state index contributed by atoms with van der Waals surface area (Å²) in [5.41, 5.74) is 9.50. The lowest BCUT2D eigenvalue weighted by atomic mass is 9.87. The Morgan fingerprint density at radius 1 is 1.03 bits per heavy atom. The summed E-state index contributed by atoms with van der Waals surface area (Å²) in [6, 6.07) is 18.0. The summed E-state index contributed by atoms with van der Waals surface area (Å²) in [5.74, 6) is 1.00. The normalized spacial score (nSPS) is 18.0. The summed E-state index contributed by atoms with van der Waals surface area (Å²) in [5, 5.41) is 8.94. The molecular formula is C32H38N4O. The van der Waals surface area contributed by atoms with Crippen LogP contribution in [0, 0.1) is 6.92 Å². The zero-order chi connectivity index (χ0) is 25.4. The van der Waals surface area contributed by atoms with Crippen molar-refractivity contribution >= 4 is 10.9 Å². The predicted octanol–water partition coefficient (Wildman–Crippen LogP) is 7.33. The van der Waals surface area contributed by atoms with Crippen LogP contribution in [0.25, 0.3) is 22.2 Å². The number of aryl methyl sites for hydroxylation is 3. The van der Waals surface area contributed by atoms with Crippen LogP contribution in [0.3, 0.4) is 0 Å². The van der Waals surface area contributed by atoms with Gasteiger partial charge in [0.15, 0.2) is 0 Å². The van der Waals surface area contributed by atoms with E-state index in [9.17, 15) is 0 Å². The molecule has 6 rings (SSSR count). The van der Waals surface area contributed by atoms with Crippen LogP contribution in [-0.4, -0.2) is 33.2 Å². The quantitative estimate of drug-likeness (QED) is 0.292. The first-order chi connectivity index (χ1) is 18.1. The summed E-state index contributed by atoms with van der Waals surface area (Å²) in [6.45, 7) is 5.14. The van der Waals surface area contributed by atoms with Gasteiger partial charge < -0.3 is 4.74 Å². The molecule has 0 bridgehead atoms. The molecule has 2 aliphatic rings. The van der Waals surface area contributed by atoms with E-state index in [-0.39, 0.29) is 0 Å². The molecule has 1 atom stereocenters. The second kappa shape index (κ2) is 10.3. The lowest BCUT2D eigenvalue weighted by molar-refractivity contribution is 0.189. The number of aromatic amines is 1. The van der Waals surface area contributed by atoms with Crippen molar-refractivity contribution in [2.24, 2.45) is 0 Å². The topological polar surface area (TPSA) is 54.0 Å². The van der Waals surface area contributed by atoms with Crippen molar-refractivity contribution in [2.75, 3.05) is 7.05 Å². The van der Waals surface area contributed by atoms with E-state index in [1.165, 1.54) is 54.2 Å². The molecule has 2 aromatic carbocycles. The van der Waals surface area contributed by atoms with E-state index in [4.69, 9.17) is 9.72 Å². The van der Waals surface area contributed by atoms with Crippen molar-refractivity contribution in [3.8, 4) is 17.0 Å². The Kier molecular flexibility index (Phi) is 6.72. The Morgan fingerprint density at radius 3 is 2.70 bits per heavy atom. The molecule has 2 heterocycles. The SMILES string of the molecule is CCc1n[nH]c2cccc(-c3cc(OC4CCCC4)c(CN(C)C4CCCc5ccccc54)c(C)n3)c12. The molecule has 5 nitrogen and oxygen atoms in total. The van der Waals surface area contributed by atoms with E-state index in [2.05, 4.69) is 84.5 Å². The molecule has 2 aromatic heterocycles. The number of benzene rings is 2. The minimum atomic E-state index is 0.296. The van der Waals surface area contributed by atoms with Crippen LogP contribution in [0.4, 0.5) is 0 Å². The fraction of sp³-hybridized carbons (Fsp3) is 0.438. The van der Waals surface area contributed by atoms with Gasteiger partial charge >= 0.3 is 0 Å². The molecule has 1 unspecified atom stereocenters. The number of pyridine rings is 1.